The largest absolute Gasteiger partial charge is 0.469 e. The first kappa shape index (κ1) is 27.5. The van der Waals surface area contributed by atoms with E-state index in [0.29, 0.717) is 47.6 Å². The Morgan fingerprint density at radius 1 is 1.18 bits per heavy atom. The molecule has 0 spiro atoms. The SMILES string of the molecule is COC(=O)Cc1ccc2c(c1)NC(=O)CCCC[C@H](N1CCC(c3c(F)ccc(Cl)c3F)=CC1=O)c1ncc-2[nH]1. The molecular weight excluding hydrogens is 542 g/mol. The Bertz CT molecular complexity index is 1520. The van der Waals surface area contributed by atoms with Crippen LogP contribution in [0.1, 0.15) is 55.1 Å². The number of anilines is 1. The highest BCUT2D eigenvalue weighted by Gasteiger charge is 2.31. The number of aromatic nitrogens is 2. The van der Waals surface area contributed by atoms with Crippen molar-refractivity contribution in [1.29, 1.82) is 0 Å². The summed E-state index contributed by atoms with van der Waals surface area (Å²) in [5.41, 5.74) is 2.49. The summed E-state index contributed by atoms with van der Waals surface area (Å²) in [4.78, 5) is 47.3. The second-order valence-corrected chi connectivity index (χ2v) is 10.2. The molecule has 0 saturated heterocycles. The number of ether oxygens (including phenoxy) is 1. The molecule has 3 aromatic rings. The number of fused-ring (bicyclic) bond motifs is 4. The number of nitrogens with one attached hydrogen (secondary N) is 2. The summed E-state index contributed by atoms with van der Waals surface area (Å²) in [5, 5.41) is 2.73. The third-order valence-electron chi connectivity index (χ3n) is 7.21. The van der Waals surface area contributed by atoms with E-state index in [1.807, 2.05) is 0 Å². The van der Waals surface area contributed by atoms with E-state index >= 15 is 0 Å². The fourth-order valence-electron chi connectivity index (χ4n) is 5.18. The molecule has 0 radical (unpaired) electrons. The summed E-state index contributed by atoms with van der Waals surface area (Å²) >= 11 is 5.86. The highest BCUT2D eigenvalue weighted by Crippen LogP contribution is 2.36. The molecule has 2 aromatic carbocycles. The van der Waals surface area contributed by atoms with Crippen LogP contribution in [0.3, 0.4) is 0 Å². The minimum atomic E-state index is -0.887. The van der Waals surface area contributed by atoms with Crippen LogP contribution in [-0.4, -0.2) is 46.3 Å². The van der Waals surface area contributed by atoms with E-state index in [2.05, 4.69) is 15.3 Å². The molecular formula is C29H27ClF2N4O4. The fraction of sp³-hybridized carbons (Fsp3) is 0.310. The molecule has 2 aliphatic rings. The highest BCUT2D eigenvalue weighted by molar-refractivity contribution is 6.31. The summed E-state index contributed by atoms with van der Waals surface area (Å²) in [6.07, 6.45) is 5.22. The van der Waals surface area contributed by atoms with Crippen LogP contribution in [0, 0.1) is 11.6 Å². The van der Waals surface area contributed by atoms with E-state index in [1.165, 1.54) is 13.2 Å². The maximum atomic E-state index is 14.6. The maximum Gasteiger partial charge on any atom is 0.309 e. The van der Waals surface area contributed by atoms with Crippen molar-refractivity contribution in [1.82, 2.24) is 14.9 Å². The second-order valence-electron chi connectivity index (χ2n) is 9.79. The molecule has 2 aliphatic heterocycles. The van der Waals surface area contributed by atoms with Gasteiger partial charge in [-0.15, -0.1) is 0 Å². The number of aromatic amines is 1. The predicted octanol–water partition coefficient (Wildman–Crippen LogP) is 5.59. The van der Waals surface area contributed by atoms with Gasteiger partial charge in [-0.1, -0.05) is 30.2 Å². The zero-order valence-electron chi connectivity index (χ0n) is 21.7. The van der Waals surface area contributed by atoms with Crippen molar-refractivity contribution in [3.05, 3.63) is 76.2 Å². The molecule has 1 atom stereocenters. The van der Waals surface area contributed by atoms with Crippen molar-refractivity contribution < 1.29 is 27.9 Å². The molecule has 2 N–H and O–H groups in total. The first-order valence-electron chi connectivity index (χ1n) is 12.9. The minimum absolute atomic E-state index is 0.0610. The van der Waals surface area contributed by atoms with Gasteiger partial charge >= 0.3 is 5.97 Å². The molecule has 1 aromatic heterocycles. The molecule has 0 saturated carbocycles. The number of halogens is 3. The number of rotatable bonds is 4. The summed E-state index contributed by atoms with van der Waals surface area (Å²) in [5.74, 6) is -2.04. The fourth-order valence-corrected chi connectivity index (χ4v) is 5.34. The van der Waals surface area contributed by atoms with Crippen molar-refractivity contribution in [2.75, 3.05) is 19.0 Å². The topological polar surface area (TPSA) is 104 Å². The summed E-state index contributed by atoms with van der Waals surface area (Å²) < 4.78 is 33.9. The van der Waals surface area contributed by atoms with E-state index in [1.54, 1.807) is 29.3 Å². The molecule has 5 rings (SSSR count). The molecule has 0 unspecified atom stereocenters. The Balaban J connectivity index is 1.47. The third kappa shape index (κ3) is 5.62. The van der Waals surface area contributed by atoms with Gasteiger partial charge in [0.05, 0.1) is 47.7 Å². The van der Waals surface area contributed by atoms with E-state index < -0.39 is 23.6 Å². The zero-order valence-corrected chi connectivity index (χ0v) is 22.5. The number of imidazole rings is 1. The molecule has 0 fully saturated rings. The number of H-pyrrole nitrogens is 1. The first-order chi connectivity index (χ1) is 19.2. The Morgan fingerprint density at radius 2 is 2.00 bits per heavy atom. The number of methoxy groups -OCH3 is 1. The Morgan fingerprint density at radius 3 is 2.77 bits per heavy atom. The van der Waals surface area contributed by atoms with Crippen LogP contribution in [0.15, 0.2) is 42.6 Å². The van der Waals surface area contributed by atoms with Crippen LogP contribution in [0.5, 0.6) is 0 Å². The lowest BCUT2D eigenvalue weighted by Gasteiger charge is -2.33. The van der Waals surface area contributed by atoms with Gasteiger partial charge in [0, 0.05) is 24.6 Å². The van der Waals surface area contributed by atoms with Crippen LogP contribution in [0.25, 0.3) is 16.8 Å². The van der Waals surface area contributed by atoms with Gasteiger partial charge in [-0.3, -0.25) is 14.4 Å². The van der Waals surface area contributed by atoms with Crippen LogP contribution in [-0.2, 0) is 25.5 Å². The standard InChI is InChI=1S/C29H27ClF2N4O4/c1-40-26(39)13-16-6-7-18-21(12-16)34-24(37)5-3-2-4-23(29-33-15-22(18)35-29)36-11-10-17(14-25(36)38)27-20(31)9-8-19(30)28(27)32/h6-9,12,14-15,23H,2-5,10-11,13H2,1H3,(H,33,35)(H,34,37)/t23-/m0/s1. The third-order valence-corrected chi connectivity index (χ3v) is 7.50. The quantitative estimate of drug-likeness (QED) is 0.315. The molecule has 40 heavy (non-hydrogen) atoms. The van der Waals surface area contributed by atoms with Gasteiger partial charge in [0.25, 0.3) is 0 Å². The lowest BCUT2D eigenvalue weighted by atomic mass is 9.96. The van der Waals surface area contributed by atoms with Gasteiger partial charge in [0.15, 0.2) is 5.82 Å². The average Bonchev–Trinajstić information content (AvgIpc) is 3.41. The Labute approximate surface area is 234 Å². The number of amides is 2. The summed E-state index contributed by atoms with van der Waals surface area (Å²) in [7, 11) is 1.32. The molecule has 2 bridgehead atoms. The Hall–Kier alpha value is -4.05. The number of hydrogen-bond acceptors (Lipinski definition) is 5. The second kappa shape index (κ2) is 11.6. The molecule has 8 nitrogen and oxygen atoms in total. The van der Waals surface area contributed by atoms with E-state index in [0.717, 1.165) is 12.1 Å². The van der Waals surface area contributed by atoms with Gasteiger partial charge in [-0.25, -0.2) is 13.8 Å². The van der Waals surface area contributed by atoms with Gasteiger partial charge in [0.1, 0.15) is 11.6 Å². The predicted molar refractivity (Wildman–Crippen MR) is 145 cm³/mol. The van der Waals surface area contributed by atoms with Crippen LogP contribution < -0.4 is 5.32 Å². The number of hydrogen-bond donors (Lipinski definition) is 2. The van der Waals surface area contributed by atoms with Crippen LogP contribution in [0.4, 0.5) is 14.5 Å². The molecule has 208 valence electrons. The zero-order chi connectivity index (χ0) is 28.4. The maximum absolute atomic E-state index is 14.6. The first-order valence-corrected chi connectivity index (χ1v) is 13.3. The van der Waals surface area contributed by atoms with Gasteiger partial charge in [-0.2, -0.15) is 0 Å². The lowest BCUT2D eigenvalue weighted by molar-refractivity contribution is -0.139. The van der Waals surface area contributed by atoms with Crippen molar-refractivity contribution in [2.24, 2.45) is 0 Å². The van der Waals surface area contributed by atoms with E-state index in [9.17, 15) is 23.2 Å². The summed E-state index contributed by atoms with van der Waals surface area (Å²) in [6.45, 7) is 0.227. The number of carbonyl (C=O) groups excluding carboxylic acids is 3. The average molecular weight is 569 g/mol. The molecule has 0 aliphatic carbocycles. The van der Waals surface area contributed by atoms with Gasteiger partial charge < -0.3 is 19.9 Å². The number of nitrogens with zero attached hydrogens (tertiary/aromatic N) is 2. The smallest absolute Gasteiger partial charge is 0.309 e. The normalized spacial score (nSPS) is 17.8. The summed E-state index contributed by atoms with van der Waals surface area (Å²) in [6, 6.07) is 7.11. The molecule has 11 heteroatoms. The van der Waals surface area contributed by atoms with Crippen molar-refractivity contribution >= 4 is 40.6 Å². The van der Waals surface area contributed by atoms with Crippen molar-refractivity contribution in [3.63, 3.8) is 0 Å². The van der Waals surface area contributed by atoms with Crippen molar-refractivity contribution in [2.45, 2.75) is 44.6 Å². The van der Waals surface area contributed by atoms with E-state index in [4.69, 9.17) is 16.3 Å². The lowest BCUT2D eigenvalue weighted by Crippen LogP contribution is -2.38. The molecule has 2 amide bonds. The Kier molecular flexibility index (Phi) is 7.97. The monoisotopic (exact) mass is 568 g/mol. The van der Waals surface area contributed by atoms with Gasteiger partial charge in [0.2, 0.25) is 11.8 Å². The van der Waals surface area contributed by atoms with Gasteiger partial charge in [-0.05, 0) is 48.6 Å². The van der Waals surface area contributed by atoms with Crippen molar-refractivity contribution in [3.8, 4) is 11.3 Å². The van der Waals surface area contributed by atoms with E-state index in [-0.39, 0.29) is 53.8 Å². The van der Waals surface area contributed by atoms with Crippen LogP contribution in [0.2, 0.25) is 5.02 Å². The minimum Gasteiger partial charge on any atom is -0.469 e. The van der Waals surface area contributed by atoms with Crippen LogP contribution >= 0.6 is 11.6 Å². The highest BCUT2D eigenvalue weighted by atomic mass is 35.5. The number of benzene rings is 2. The number of esters is 1. The number of carbonyl (C=O) groups is 3. The molecule has 3 heterocycles.